The van der Waals surface area contributed by atoms with E-state index in [1.54, 1.807) is 6.21 Å². The van der Waals surface area contributed by atoms with Gasteiger partial charge in [0, 0.05) is 18.1 Å². The topological polar surface area (TPSA) is 63.2 Å². The number of hydrogen-bond acceptors (Lipinski definition) is 5. The average molecular weight is 388 g/mol. The van der Waals surface area contributed by atoms with Gasteiger partial charge in [-0.2, -0.15) is 5.10 Å². The number of nitrogens with one attached hydrogen (secondary N) is 1. The summed E-state index contributed by atoms with van der Waals surface area (Å²) in [5, 5.41) is 4.71. The van der Waals surface area contributed by atoms with E-state index in [2.05, 4.69) is 10.5 Å². The first-order valence-electron chi connectivity index (χ1n) is 8.78. The molecule has 0 aromatic heterocycles. The van der Waals surface area contributed by atoms with Crippen molar-refractivity contribution in [3.8, 4) is 5.75 Å². The fourth-order valence-corrected chi connectivity index (χ4v) is 2.70. The zero-order chi connectivity index (χ0) is 18.9. The molecule has 142 valence electrons. The Hall–Kier alpha value is -2.41. The second kappa shape index (κ2) is 10.1. The van der Waals surface area contributed by atoms with E-state index in [0.717, 1.165) is 30.0 Å². The number of carbonyl (C=O) groups is 1. The number of ether oxygens (including phenoxy) is 2. The van der Waals surface area contributed by atoms with Gasteiger partial charge < -0.3 is 9.47 Å². The monoisotopic (exact) mass is 387 g/mol. The van der Waals surface area contributed by atoms with Crippen molar-refractivity contribution >= 4 is 23.7 Å². The number of amides is 1. The predicted octanol–water partition coefficient (Wildman–Crippen LogP) is 2.70. The number of halogens is 1. The molecule has 0 bridgehead atoms. The minimum absolute atomic E-state index is 0.129. The van der Waals surface area contributed by atoms with Crippen molar-refractivity contribution in [1.82, 2.24) is 10.3 Å². The second-order valence-corrected chi connectivity index (χ2v) is 6.60. The van der Waals surface area contributed by atoms with E-state index in [4.69, 9.17) is 21.1 Å². The maximum atomic E-state index is 11.9. The molecule has 1 saturated heterocycles. The Balaban J connectivity index is 1.42. The van der Waals surface area contributed by atoms with Crippen molar-refractivity contribution < 1.29 is 14.3 Å². The van der Waals surface area contributed by atoms with Gasteiger partial charge in [0.2, 0.25) is 0 Å². The number of hydrazone groups is 1. The summed E-state index contributed by atoms with van der Waals surface area (Å²) < 4.78 is 11.0. The molecule has 2 aromatic rings. The minimum Gasteiger partial charge on any atom is -0.489 e. The molecule has 0 saturated carbocycles. The Morgan fingerprint density at radius 2 is 1.85 bits per heavy atom. The molecule has 1 heterocycles. The van der Waals surface area contributed by atoms with E-state index >= 15 is 0 Å². The molecule has 3 rings (SSSR count). The fourth-order valence-electron chi connectivity index (χ4n) is 2.57. The first kappa shape index (κ1) is 19.4. The standard InChI is InChI=1S/C20H22ClN3O3/c21-18-5-1-17(2-6-18)15-27-19-7-3-16(4-8-19)13-22-23-20(25)14-24-9-11-26-12-10-24/h1-8,13H,9-12,14-15H2,(H,23,25)/b22-13-. The van der Waals surface area contributed by atoms with Gasteiger partial charge in [0.1, 0.15) is 12.4 Å². The average Bonchev–Trinajstić information content (AvgIpc) is 2.69. The SMILES string of the molecule is O=C(CN1CCOCC1)N/N=C\c1ccc(OCc2ccc(Cl)cc2)cc1. The van der Waals surface area contributed by atoms with Crippen LogP contribution in [-0.2, 0) is 16.1 Å². The second-order valence-electron chi connectivity index (χ2n) is 6.17. The smallest absolute Gasteiger partial charge is 0.254 e. The van der Waals surface area contributed by atoms with Gasteiger partial charge in [-0.05, 0) is 47.5 Å². The summed E-state index contributed by atoms with van der Waals surface area (Å²) in [6.45, 7) is 3.69. The van der Waals surface area contributed by atoms with E-state index in [9.17, 15) is 4.79 Å². The highest BCUT2D eigenvalue weighted by atomic mass is 35.5. The zero-order valence-corrected chi connectivity index (χ0v) is 15.7. The Morgan fingerprint density at radius 1 is 1.15 bits per heavy atom. The number of benzene rings is 2. The van der Waals surface area contributed by atoms with Gasteiger partial charge in [-0.3, -0.25) is 9.69 Å². The van der Waals surface area contributed by atoms with Crippen LogP contribution in [-0.4, -0.2) is 49.9 Å². The third kappa shape index (κ3) is 6.67. The summed E-state index contributed by atoms with van der Waals surface area (Å²) in [5.41, 5.74) is 4.47. The maximum Gasteiger partial charge on any atom is 0.254 e. The summed E-state index contributed by atoms with van der Waals surface area (Å²) in [6, 6.07) is 15.1. The summed E-state index contributed by atoms with van der Waals surface area (Å²) in [5.74, 6) is 0.634. The lowest BCUT2D eigenvalue weighted by molar-refractivity contribution is -0.123. The Kier molecular flexibility index (Phi) is 7.21. The van der Waals surface area contributed by atoms with Gasteiger partial charge in [-0.15, -0.1) is 0 Å². The third-order valence-corrected chi connectivity index (χ3v) is 4.32. The lowest BCUT2D eigenvalue weighted by Gasteiger charge is -2.25. The highest BCUT2D eigenvalue weighted by Crippen LogP contribution is 2.15. The van der Waals surface area contributed by atoms with Crippen LogP contribution in [0.1, 0.15) is 11.1 Å². The van der Waals surface area contributed by atoms with E-state index in [1.165, 1.54) is 0 Å². The quantitative estimate of drug-likeness (QED) is 0.586. The van der Waals surface area contributed by atoms with Crippen molar-refractivity contribution in [1.29, 1.82) is 0 Å². The lowest BCUT2D eigenvalue weighted by atomic mass is 10.2. The fraction of sp³-hybridized carbons (Fsp3) is 0.300. The summed E-state index contributed by atoms with van der Waals surface area (Å²) in [7, 11) is 0. The molecule has 6 nitrogen and oxygen atoms in total. The molecule has 0 spiro atoms. The van der Waals surface area contributed by atoms with Crippen LogP contribution < -0.4 is 10.2 Å². The molecule has 0 unspecified atom stereocenters. The van der Waals surface area contributed by atoms with Crippen LogP contribution in [0.5, 0.6) is 5.75 Å². The number of hydrogen-bond donors (Lipinski definition) is 1. The molecule has 27 heavy (non-hydrogen) atoms. The van der Waals surface area contributed by atoms with Crippen LogP contribution in [0.15, 0.2) is 53.6 Å². The molecule has 2 aromatic carbocycles. The van der Waals surface area contributed by atoms with Crippen LogP contribution in [0.4, 0.5) is 0 Å². The summed E-state index contributed by atoms with van der Waals surface area (Å²) >= 11 is 5.87. The van der Waals surface area contributed by atoms with Gasteiger partial charge in [-0.25, -0.2) is 5.43 Å². The van der Waals surface area contributed by atoms with Crippen LogP contribution in [0, 0.1) is 0 Å². The third-order valence-electron chi connectivity index (χ3n) is 4.07. The Labute approximate surface area is 163 Å². The van der Waals surface area contributed by atoms with Crippen molar-refractivity contribution in [2.45, 2.75) is 6.61 Å². The molecule has 1 aliphatic rings. The highest BCUT2D eigenvalue weighted by molar-refractivity contribution is 6.30. The van der Waals surface area contributed by atoms with E-state index < -0.39 is 0 Å². The lowest BCUT2D eigenvalue weighted by Crippen LogP contribution is -2.42. The number of morpholine rings is 1. The highest BCUT2D eigenvalue weighted by Gasteiger charge is 2.13. The molecular formula is C20H22ClN3O3. The molecule has 1 fully saturated rings. The molecular weight excluding hydrogens is 366 g/mol. The van der Waals surface area contributed by atoms with Gasteiger partial charge in [0.15, 0.2) is 0 Å². The maximum absolute atomic E-state index is 11.9. The van der Waals surface area contributed by atoms with Crippen molar-refractivity contribution in [2.75, 3.05) is 32.8 Å². The molecule has 1 aliphatic heterocycles. The Morgan fingerprint density at radius 3 is 2.56 bits per heavy atom. The molecule has 0 radical (unpaired) electrons. The van der Waals surface area contributed by atoms with Gasteiger partial charge in [0.25, 0.3) is 5.91 Å². The largest absolute Gasteiger partial charge is 0.489 e. The number of rotatable bonds is 7. The van der Waals surface area contributed by atoms with Crippen LogP contribution >= 0.6 is 11.6 Å². The van der Waals surface area contributed by atoms with Gasteiger partial charge in [0.05, 0.1) is 26.0 Å². The Bertz CT molecular complexity index is 757. The minimum atomic E-state index is -0.129. The number of carbonyl (C=O) groups excluding carboxylic acids is 1. The predicted molar refractivity (Wildman–Crippen MR) is 105 cm³/mol. The van der Waals surface area contributed by atoms with Crippen molar-refractivity contribution in [2.24, 2.45) is 5.10 Å². The van der Waals surface area contributed by atoms with Crippen LogP contribution in [0.3, 0.4) is 0 Å². The van der Waals surface area contributed by atoms with Gasteiger partial charge in [-0.1, -0.05) is 23.7 Å². The number of nitrogens with zero attached hydrogens (tertiary/aromatic N) is 2. The summed E-state index contributed by atoms with van der Waals surface area (Å²) in [6.07, 6.45) is 1.61. The zero-order valence-electron chi connectivity index (χ0n) is 14.9. The van der Waals surface area contributed by atoms with Crippen molar-refractivity contribution in [3.05, 3.63) is 64.7 Å². The first-order chi connectivity index (χ1) is 13.2. The normalized spacial score (nSPS) is 15.0. The molecule has 1 N–H and O–H groups in total. The first-order valence-corrected chi connectivity index (χ1v) is 9.16. The van der Waals surface area contributed by atoms with E-state index in [1.807, 2.05) is 53.4 Å². The van der Waals surface area contributed by atoms with Gasteiger partial charge >= 0.3 is 0 Å². The van der Waals surface area contributed by atoms with Crippen molar-refractivity contribution in [3.63, 3.8) is 0 Å². The molecule has 0 aliphatic carbocycles. The van der Waals surface area contributed by atoms with E-state index in [-0.39, 0.29) is 5.91 Å². The van der Waals surface area contributed by atoms with Crippen LogP contribution in [0.2, 0.25) is 5.02 Å². The molecule has 0 atom stereocenters. The summed E-state index contributed by atoms with van der Waals surface area (Å²) in [4.78, 5) is 13.9. The molecule has 7 heteroatoms. The van der Waals surface area contributed by atoms with Crippen LogP contribution in [0.25, 0.3) is 0 Å². The van der Waals surface area contributed by atoms with E-state index in [0.29, 0.717) is 31.4 Å². The molecule has 1 amide bonds.